The Morgan fingerprint density at radius 2 is 2.00 bits per heavy atom. The van der Waals surface area contributed by atoms with Gasteiger partial charge in [-0.15, -0.1) is 0 Å². The second-order valence-corrected chi connectivity index (χ2v) is 7.93. The van der Waals surface area contributed by atoms with Crippen molar-refractivity contribution in [1.29, 1.82) is 0 Å². The molecule has 3 aromatic rings. The molecule has 0 bridgehead atoms. The Kier molecular flexibility index (Phi) is 5.75. The molecular formula is C18H18ClN7OS. The van der Waals surface area contributed by atoms with E-state index in [0.29, 0.717) is 28.3 Å². The monoisotopic (exact) mass is 415 g/mol. The molecule has 0 aliphatic carbocycles. The molecule has 144 valence electrons. The molecule has 1 aliphatic heterocycles. The van der Waals surface area contributed by atoms with Gasteiger partial charge < -0.3 is 10.2 Å². The zero-order valence-corrected chi connectivity index (χ0v) is 16.5. The van der Waals surface area contributed by atoms with Crippen LogP contribution in [0.25, 0.3) is 0 Å². The van der Waals surface area contributed by atoms with Crippen LogP contribution in [0.3, 0.4) is 0 Å². The summed E-state index contributed by atoms with van der Waals surface area (Å²) in [5.41, 5.74) is 1.35. The quantitative estimate of drug-likeness (QED) is 0.685. The molecule has 3 aromatic heterocycles. The van der Waals surface area contributed by atoms with E-state index in [4.69, 9.17) is 11.6 Å². The maximum Gasteiger partial charge on any atom is 0.274 e. The van der Waals surface area contributed by atoms with Crippen molar-refractivity contribution in [3.8, 4) is 0 Å². The number of piperazine rings is 1. The van der Waals surface area contributed by atoms with E-state index < -0.39 is 0 Å². The lowest BCUT2D eigenvalue weighted by molar-refractivity contribution is 0.0621. The minimum atomic E-state index is -0.0702. The van der Waals surface area contributed by atoms with Gasteiger partial charge in [0.25, 0.3) is 5.91 Å². The number of pyridine rings is 1. The smallest absolute Gasteiger partial charge is 0.274 e. The number of carbonyl (C=O) groups excluding carboxylic acids is 1. The lowest BCUT2D eigenvalue weighted by Crippen LogP contribution is -2.48. The first-order valence-electron chi connectivity index (χ1n) is 8.79. The van der Waals surface area contributed by atoms with Gasteiger partial charge in [-0.1, -0.05) is 29.0 Å². The number of amides is 1. The van der Waals surface area contributed by atoms with Crippen LogP contribution in [0.5, 0.6) is 0 Å². The number of nitrogens with zero attached hydrogens (tertiary/aromatic N) is 6. The Hall–Kier alpha value is -2.62. The number of carbonyl (C=O) groups is 1. The van der Waals surface area contributed by atoms with Crippen LogP contribution in [0, 0.1) is 0 Å². The third-order valence-corrected chi connectivity index (χ3v) is 5.38. The Balaban J connectivity index is 1.32. The molecule has 0 spiro atoms. The number of anilines is 2. The zero-order valence-electron chi connectivity index (χ0n) is 15.0. The van der Waals surface area contributed by atoms with Crippen molar-refractivity contribution in [3.05, 3.63) is 58.7 Å². The van der Waals surface area contributed by atoms with Gasteiger partial charge >= 0.3 is 0 Å². The highest BCUT2D eigenvalue weighted by molar-refractivity contribution is 7.19. The molecule has 8 nitrogen and oxygen atoms in total. The first kappa shape index (κ1) is 18.7. The molecule has 0 aromatic carbocycles. The summed E-state index contributed by atoms with van der Waals surface area (Å²) in [7, 11) is 0. The van der Waals surface area contributed by atoms with Crippen molar-refractivity contribution in [2.24, 2.45) is 0 Å². The molecule has 1 fully saturated rings. The summed E-state index contributed by atoms with van der Waals surface area (Å²) >= 11 is 7.28. The molecule has 1 aliphatic rings. The van der Waals surface area contributed by atoms with Crippen molar-refractivity contribution in [2.75, 3.05) is 31.5 Å². The van der Waals surface area contributed by atoms with E-state index in [9.17, 15) is 4.79 Å². The first-order chi connectivity index (χ1) is 13.7. The molecule has 0 radical (unpaired) electrons. The Labute approximate surface area is 171 Å². The number of halogens is 1. The topological polar surface area (TPSA) is 87.1 Å². The molecule has 1 saturated heterocycles. The van der Waals surface area contributed by atoms with E-state index in [1.54, 1.807) is 12.4 Å². The fourth-order valence-electron chi connectivity index (χ4n) is 2.97. The number of thiazole rings is 1. The van der Waals surface area contributed by atoms with Gasteiger partial charge in [0.05, 0.1) is 18.1 Å². The molecule has 0 unspecified atom stereocenters. The summed E-state index contributed by atoms with van der Waals surface area (Å²) in [5.74, 6) is 0.666. The summed E-state index contributed by atoms with van der Waals surface area (Å²) in [6.45, 7) is 3.61. The second-order valence-electron chi connectivity index (χ2n) is 6.27. The average molecular weight is 416 g/mol. The Bertz CT molecular complexity index is 944. The summed E-state index contributed by atoms with van der Waals surface area (Å²) in [4.78, 5) is 33.4. The van der Waals surface area contributed by atoms with Gasteiger partial charge in [-0.2, -0.15) is 0 Å². The van der Waals surface area contributed by atoms with E-state index in [-0.39, 0.29) is 5.91 Å². The lowest BCUT2D eigenvalue weighted by atomic mass is 10.2. The van der Waals surface area contributed by atoms with Crippen LogP contribution < -0.4 is 5.32 Å². The summed E-state index contributed by atoms with van der Waals surface area (Å²) in [5, 5.41) is 3.88. The van der Waals surface area contributed by atoms with Gasteiger partial charge in [0.1, 0.15) is 15.8 Å². The van der Waals surface area contributed by atoms with Gasteiger partial charge in [-0.25, -0.2) is 15.0 Å². The van der Waals surface area contributed by atoms with Gasteiger partial charge in [0, 0.05) is 45.1 Å². The van der Waals surface area contributed by atoms with Crippen molar-refractivity contribution >= 4 is 39.8 Å². The third kappa shape index (κ3) is 4.61. The molecule has 1 amide bonds. The molecule has 1 N–H and O–H groups in total. The van der Waals surface area contributed by atoms with Gasteiger partial charge in [-0.05, 0) is 12.1 Å². The molecule has 10 heteroatoms. The molecule has 0 atom stereocenters. The Morgan fingerprint density at radius 1 is 1.14 bits per heavy atom. The summed E-state index contributed by atoms with van der Waals surface area (Å²) in [6.07, 6.45) is 6.22. The van der Waals surface area contributed by atoms with E-state index >= 15 is 0 Å². The van der Waals surface area contributed by atoms with E-state index in [0.717, 1.165) is 31.1 Å². The van der Waals surface area contributed by atoms with Crippen LogP contribution in [0.15, 0.2) is 43.0 Å². The van der Waals surface area contributed by atoms with Gasteiger partial charge in [-0.3, -0.25) is 14.7 Å². The number of nitrogens with one attached hydrogen (secondary N) is 1. The average Bonchev–Trinajstić information content (AvgIpc) is 3.13. The highest BCUT2D eigenvalue weighted by atomic mass is 35.5. The largest absolute Gasteiger partial charge is 0.335 e. The maximum atomic E-state index is 12.5. The highest BCUT2D eigenvalue weighted by Crippen LogP contribution is 2.25. The number of rotatable bonds is 5. The van der Waals surface area contributed by atoms with Gasteiger partial charge in [0.2, 0.25) is 0 Å². The first-order valence-corrected chi connectivity index (χ1v) is 9.99. The molecule has 0 saturated carbocycles. The van der Waals surface area contributed by atoms with Crippen LogP contribution >= 0.6 is 22.9 Å². The minimum Gasteiger partial charge on any atom is -0.335 e. The van der Waals surface area contributed by atoms with Crippen molar-refractivity contribution in [1.82, 2.24) is 29.7 Å². The zero-order chi connectivity index (χ0) is 19.3. The molecular weight excluding hydrogens is 398 g/mol. The number of hydrogen-bond donors (Lipinski definition) is 1. The summed E-state index contributed by atoms with van der Waals surface area (Å²) in [6, 6.07) is 5.86. The fraction of sp³-hybridized carbons (Fsp3) is 0.278. The molecule has 28 heavy (non-hydrogen) atoms. The van der Waals surface area contributed by atoms with Crippen LogP contribution in [0.4, 0.5) is 10.9 Å². The van der Waals surface area contributed by atoms with Crippen LogP contribution in [-0.4, -0.2) is 61.8 Å². The van der Waals surface area contributed by atoms with E-state index in [2.05, 4.69) is 30.2 Å². The highest BCUT2D eigenvalue weighted by Gasteiger charge is 2.23. The van der Waals surface area contributed by atoms with E-state index in [1.165, 1.54) is 23.7 Å². The number of hydrogen-bond acceptors (Lipinski definition) is 8. The number of aromatic nitrogens is 4. The SMILES string of the molecule is O=C(c1cnccn1)N1CCN(Cc2cccc(Nc3ncc(Cl)s3)n2)CC1. The summed E-state index contributed by atoms with van der Waals surface area (Å²) < 4.78 is 0.632. The van der Waals surface area contributed by atoms with Crippen molar-refractivity contribution in [2.45, 2.75) is 6.54 Å². The normalized spacial score (nSPS) is 14.8. The third-order valence-electron chi connectivity index (χ3n) is 4.35. The van der Waals surface area contributed by atoms with Gasteiger partial charge in [0.15, 0.2) is 5.13 Å². The second kappa shape index (κ2) is 8.59. The van der Waals surface area contributed by atoms with Crippen molar-refractivity contribution < 1.29 is 4.79 Å². The minimum absolute atomic E-state index is 0.0702. The molecule has 4 rings (SSSR count). The Morgan fingerprint density at radius 3 is 2.71 bits per heavy atom. The van der Waals surface area contributed by atoms with Crippen molar-refractivity contribution in [3.63, 3.8) is 0 Å². The lowest BCUT2D eigenvalue weighted by Gasteiger charge is -2.34. The predicted octanol–water partition coefficient (Wildman–Crippen LogP) is 2.68. The maximum absolute atomic E-state index is 12.5. The van der Waals surface area contributed by atoms with Crippen LogP contribution in [0.1, 0.15) is 16.2 Å². The predicted molar refractivity (Wildman–Crippen MR) is 108 cm³/mol. The molecule has 4 heterocycles. The van der Waals surface area contributed by atoms with Crippen LogP contribution in [-0.2, 0) is 6.54 Å². The standard InChI is InChI=1S/C18H18ClN7OS/c19-15-11-22-18(28-15)24-16-3-1-2-13(23-16)12-25-6-8-26(9-7-25)17(27)14-10-20-4-5-21-14/h1-5,10-11H,6-9,12H2,(H,22,23,24). The van der Waals surface area contributed by atoms with E-state index in [1.807, 2.05) is 23.1 Å². The van der Waals surface area contributed by atoms with Crippen LogP contribution in [0.2, 0.25) is 4.34 Å². The fourth-order valence-corrected chi connectivity index (χ4v) is 3.79.